The monoisotopic (exact) mass is 259 g/mol. The summed E-state index contributed by atoms with van der Waals surface area (Å²) in [6, 6.07) is 9.12. The van der Waals surface area contributed by atoms with E-state index < -0.39 is 0 Å². The van der Waals surface area contributed by atoms with Crippen molar-refractivity contribution >= 4 is 5.69 Å². The van der Waals surface area contributed by atoms with E-state index in [2.05, 4.69) is 18.3 Å². The summed E-state index contributed by atoms with van der Waals surface area (Å²) in [5.41, 5.74) is 1.56. The summed E-state index contributed by atoms with van der Waals surface area (Å²) in [5.74, 6) is 3.22. The second kappa shape index (κ2) is 4.72. The maximum absolute atomic E-state index is 13.2. The van der Waals surface area contributed by atoms with Crippen LogP contribution in [0.2, 0.25) is 0 Å². The number of nitrogens with one attached hydrogen (secondary N) is 1. The first kappa shape index (κ1) is 12.3. The van der Waals surface area contributed by atoms with Gasteiger partial charge in [-0.25, -0.2) is 4.39 Å². The lowest BCUT2D eigenvalue weighted by Crippen LogP contribution is -1.98. The molecule has 0 radical (unpaired) electrons. The van der Waals surface area contributed by atoms with E-state index in [0.717, 1.165) is 23.1 Å². The van der Waals surface area contributed by atoms with Crippen molar-refractivity contribution in [2.75, 3.05) is 5.32 Å². The van der Waals surface area contributed by atoms with E-state index in [9.17, 15) is 4.39 Å². The highest BCUT2D eigenvalue weighted by molar-refractivity contribution is 5.46. The Kier molecular flexibility index (Phi) is 3.05. The predicted octanol–water partition coefficient (Wildman–Crippen LogP) is 4.46. The molecule has 2 unspecified atom stereocenters. The minimum absolute atomic E-state index is 0.173. The lowest BCUT2D eigenvalue weighted by atomic mass is 10.2. The average Bonchev–Trinajstić information content (AvgIpc) is 2.94. The summed E-state index contributed by atoms with van der Waals surface area (Å²) in [5, 5.41) is 3.25. The van der Waals surface area contributed by atoms with Crippen molar-refractivity contribution in [2.45, 2.75) is 32.7 Å². The first-order valence-electron chi connectivity index (χ1n) is 6.72. The van der Waals surface area contributed by atoms with E-state index in [1.807, 2.05) is 12.1 Å². The molecule has 2 nitrogen and oxygen atoms in total. The quantitative estimate of drug-likeness (QED) is 0.876. The number of hydrogen-bond acceptors (Lipinski definition) is 2. The van der Waals surface area contributed by atoms with Crippen LogP contribution in [0.25, 0.3) is 0 Å². The number of furan rings is 1. The summed E-state index contributed by atoms with van der Waals surface area (Å²) in [4.78, 5) is 0. The standard InChI is InChI=1S/C16H18FNO/c1-10-8-14(10)16-6-4-13(19-16)9-18-12-3-5-15(17)11(2)7-12/h3-7,10,14,18H,8-9H2,1-2H3. The molecule has 100 valence electrons. The molecule has 1 aromatic heterocycles. The molecule has 3 rings (SSSR count). The van der Waals surface area contributed by atoms with Gasteiger partial charge in [0.05, 0.1) is 6.54 Å². The van der Waals surface area contributed by atoms with E-state index in [1.165, 1.54) is 12.5 Å². The maximum Gasteiger partial charge on any atom is 0.126 e. The van der Waals surface area contributed by atoms with Crippen molar-refractivity contribution in [1.82, 2.24) is 0 Å². The van der Waals surface area contributed by atoms with Crippen LogP contribution in [0.15, 0.2) is 34.7 Å². The predicted molar refractivity (Wildman–Crippen MR) is 73.7 cm³/mol. The van der Waals surface area contributed by atoms with Crippen molar-refractivity contribution < 1.29 is 8.81 Å². The largest absolute Gasteiger partial charge is 0.464 e. The van der Waals surface area contributed by atoms with Gasteiger partial charge < -0.3 is 9.73 Å². The molecule has 1 aliphatic rings. The number of hydrogen-bond donors (Lipinski definition) is 1. The van der Waals surface area contributed by atoms with Gasteiger partial charge >= 0.3 is 0 Å². The highest BCUT2D eigenvalue weighted by Gasteiger charge is 2.36. The van der Waals surface area contributed by atoms with Crippen LogP contribution in [0.3, 0.4) is 0 Å². The maximum atomic E-state index is 13.2. The van der Waals surface area contributed by atoms with Crippen LogP contribution in [0.1, 0.15) is 36.3 Å². The fourth-order valence-electron chi connectivity index (χ4n) is 2.35. The Bertz CT molecular complexity index is 590. The Morgan fingerprint density at radius 1 is 1.32 bits per heavy atom. The van der Waals surface area contributed by atoms with Crippen LogP contribution in [0.4, 0.5) is 10.1 Å². The highest BCUT2D eigenvalue weighted by Crippen LogP contribution is 2.47. The van der Waals surface area contributed by atoms with Crippen molar-refractivity contribution in [3.05, 3.63) is 53.2 Å². The summed E-state index contributed by atoms with van der Waals surface area (Å²) in [6.45, 7) is 4.64. The number of anilines is 1. The van der Waals surface area contributed by atoms with Crippen molar-refractivity contribution in [3.8, 4) is 0 Å². The Balaban J connectivity index is 1.62. The van der Waals surface area contributed by atoms with Gasteiger partial charge in [-0.15, -0.1) is 0 Å². The highest BCUT2D eigenvalue weighted by atomic mass is 19.1. The minimum Gasteiger partial charge on any atom is -0.464 e. The third-order valence-corrected chi connectivity index (χ3v) is 3.78. The molecule has 0 saturated heterocycles. The SMILES string of the molecule is Cc1cc(NCc2ccc(C3CC3C)o2)ccc1F. The zero-order valence-corrected chi connectivity index (χ0v) is 11.2. The van der Waals surface area contributed by atoms with Gasteiger partial charge in [0.25, 0.3) is 0 Å². The van der Waals surface area contributed by atoms with E-state index in [1.54, 1.807) is 13.0 Å². The first-order chi connectivity index (χ1) is 9.13. The Morgan fingerprint density at radius 3 is 2.79 bits per heavy atom. The molecular formula is C16H18FNO. The molecule has 0 bridgehead atoms. The second-order valence-corrected chi connectivity index (χ2v) is 5.44. The molecule has 1 fully saturated rings. The molecule has 2 aromatic rings. The Labute approximate surface area is 112 Å². The lowest BCUT2D eigenvalue weighted by Gasteiger charge is -2.06. The number of aryl methyl sites for hydroxylation is 1. The minimum atomic E-state index is -0.173. The Morgan fingerprint density at radius 2 is 2.11 bits per heavy atom. The number of halogens is 1. The van der Waals surface area contributed by atoms with Crippen LogP contribution in [0, 0.1) is 18.7 Å². The van der Waals surface area contributed by atoms with Gasteiger partial charge in [0.2, 0.25) is 0 Å². The number of benzene rings is 1. The fraction of sp³-hybridized carbons (Fsp3) is 0.375. The van der Waals surface area contributed by atoms with Crippen LogP contribution < -0.4 is 5.32 Å². The Hall–Kier alpha value is -1.77. The molecule has 0 spiro atoms. The van der Waals surface area contributed by atoms with Gasteiger partial charge in [-0.2, -0.15) is 0 Å². The van der Waals surface area contributed by atoms with Crippen molar-refractivity contribution in [2.24, 2.45) is 5.92 Å². The molecule has 19 heavy (non-hydrogen) atoms. The molecule has 1 heterocycles. The van der Waals surface area contributed by atoms with E-state index >= 15 is 0 Å². The lowest BCUT2D eigenvalue weighted by molar-refractivity contribution is 0.468. The van der Waals surface area contributed by atoms with Crippen LogP contribution in [-0.4, -0.2) is 0 Å². The van der Waals surface area contributed by atoms with Crippen LogP contribution >= 0.6 is 0 Å². The third-order valence-electron chi connectivity index (χ3n) is 3.78. The van der Waals surface area contributed by atoms with Crippen molar-refractivity contribution in [1.29, 1.82) is 0 Å². The molecule has 1 N–H and O–H groups in total. The van der Waals surface area contributed by atoms with Crippen molar-refractivity contribution in [3.63, 3.8) is 0 Å². The molecule has 0 amide bonds. The third kappa shape index (κ3) is 2.65. The molecule has 1 saturated carbocycles. The molecular weight excluding hydrogens is 241 g/mol. The average molecular weight is 259 g/mol. The smallest absolute Gasteiger partial charge is 0.126 e. The van der Waals surface area contributed by atoms with Gasteiger partial charge in [-0.3, -0.25) is 0 Å². The van der Waals surface area contributed by atoms with Crippen LogP contribution in [0.5, 0.6) is 0 Å². The van der Waals surface area contributed by atoms with Crippen LogP contribution in [-0.2, 0) is 6.54 Å². The number of rotatable bonds is 4. The fourth-order valence-corrected chi connectivity index (χ4v) is 2.35. The summed E-state index contributed by atoms with van der Waals surface area (Å²) >= 11 is 0. The van der Waals surface area contributed by atoms with E-state index in [4.69, 9.17) is 4.42 Å². The molecule has 2 atom stereocenters. The van der Waals surface area contributed by atoms with E-state index in [0.29, 0.717) is 18.0 Å². The van der Waals surface area contributed by atoms with Gasteiger partial charge in [-0.05, 0) is 55.2 Å². The first-order valence-corrected chi connectivity index (χ1v) is 6.72. The summed E-state index contributed by atoms with van der Waals surface area (Å²) < 4.78 is 19.0. The normalized spacial score (nSPS) is 21.4. The molecule has 0 aliphatic heterocycles. The zero-order chi connectivity index (χ0) is 13.4. The van der Waals surface area contributed by atoms with Gasteiger partial charge in [0, 0.05) is 11.6 Å². The molecule has 3 heteroatoms. The van der Waals surface area contributed by atoms with Gasteiger partial charge in [-0.1, -0.05) is 6.92 Å². The topological polar surface area (TPSA) is 25.2 Å². The zero-order valence-electron chi connectivity index (χ0n) is 11.2. The molecule has 1 aliphatic carbocycles. The summed E-state index contributed by atoms with van der Waals surface area (Å²) in [6.07, 6.45) is 1.23. The summed E-state index contributed by atoms with van der Waals surface area (Å²) in [7, 11) is 0. The van der Waals surface area contributed by atoms with E-state index in [-0.39, 0.29) is 5.82 Å². The molecule has 1 aromatic carbocycles. The second-order valence-electron chi connectivity index (χ2n) is 5.44. The van der Waals surface area contributed by atoms with Gasteiger partial charge in [0.15, 0.2) is 0 Å². The van der Waals surface area contributed by atoms with Gasteiger partial charge in [0.1, 0.15) is 17.3 Å².